The molecule has 1 aromatic carbocycles. The quantitative estimate of drug-likeness (QED) is 0.871. The number of amides is 1. The van der Waals surface area contributed by atoms with Crippen LogP contribution in [0.3, 0.4) is 0 Å². The SMILES string of the molecule is COc1c(Cl)cc(C(=O)NC(C)C2CC3CCC2C3)cc1Cl. The summed E-state index contributed by atoms with van der Waals surface area (Å²) >= 11 is 12.2. The number of carbonyl (C=O) groups excluding carboxylic acids is 1. The molecule has 3 rings (SSSR count). The van der Waals surface area contributed by atoms with Gasteiger partial charge in [0, 0.05) is 11.6 Å². The molecule has 5 heteroatoms. The second-order valence-electron chi connectivity index (χ2n) is 6.57. The minimum Gasteiger partial charge on any atom is -0.494 e. The largest absolute Gasteiger partial charge is 0.494 e. The zero-order valence-corrected chi connectivity index (χ0v) is 14.4. The van der Waals surface area contributed by atoms with E-state index in [4.69, 9.17) is 27.9 Å². The van der Waals surface area contributed by atoms with Crippen molar-refractivity contribution in [3.8, 4) is 5.75 Å². The van der Waals surface area contributed by atoms with Crippen LogP contribution >= 0.6 is 23.2 Å². The van der Waals surface area contributed by atoms with Gasteiger partial charge in [-0.05, 0) is 56.1 Å². The first-order valence-electron chi connectivity index (χ1n) is 7.83. The standard InChI is InChI=1S/C17H21Cl2NO2/c1-9(13-6-10-3-4-11(13)5-10)20-17(21)12-7-14(18)16(22-2)15(19)8-12/h7-11,13H,3-6H2,1-2H3,(H,20,21). The molecule has 2 bridgehead atoms. The van der Waals surface area contributed by atoms with E-state index in [1.807, 2.05) is 0 Å². The Kier molecular flexibility index (Phi) is 4.56. The normalized spacial score (nSPS) is 27.7. The van der Waals surface area contributed by atoms with Gasteiger partial charge < -0.3 is 10.1 Å². The summed E-state index contributed by atoms with van der Waals surface area (Å²) in [7, 11) is 1.50. The molecule has 1 aromatic rings. The average molecular weight is 342 g/mol. The third-order valence-corrected chi connectivity index (χ3v) is 5.82. The number of ether oxygens (including phenoxy) is 1. The molecule has 0 heterocycles. The van der Waals surface area contributed by atoms with Crippen LogP contribution in [0.1, 0.15) is 43.0 Å². The molecule has 0 spiro atoms. The van der Waals surface area contributed by atoms with Crippen LogP contribution in [0.5, 0.6) is 5.75 Å². The first-order valence-corrected chi connectivity index (χ1v) is 8.59. The summed E-state index contributed by atoms with van der Waals surface area (Å²) in [5, 5.41) is 3.83. The molecular weight excluding hydrogens is 321 g/mol. The van der Waals surface area contributed by atoms with Crippen LogP contribution in [0.2, 0.25) is 10.0 Å². The lowest BCUT2D eigenvalue weighted by Gasteiger charge is -2.28. The van der Waals surface area contributed by atoms with Gasteiger partial charge in [-0.25, -0.2) is 0 Å². The molecule has 4 unspecified atom stereocenters. The lowest BCUT2D eigenvalue weighted by atomic mass is 9.84. The van der Waals surface area contributed by atoms with Crippen molar-refractivity contribution in [2.75, 3.05) is 7.11 Å². The molecule has 0 aromatic heterocycles. The van der Waals surface area contributed by atoms with E-state index in [-0.39, 0.29) is 11.9 Å². The van der Waals surface area contributed by atoms with Crippen LogP contribution in [0.25, 0.3) is 0 Å². The maximum absolute atomic E-state index is 12.5. The van der Waals surface area contributed by atoms with Crippen LogP contribution in [0.15, 0.2) is 12.1 Å². The molecule has 0 aliphatic heterocycles. The molecule has 22 heavy (non-hydrogen) atoms. The van der Waals surface area contributed by atoms with Gasteiger partial charge in [0.2, 0.25) is 0 Å². The van der Waals surface area contributed by atoms with E-state index in [0.29, 0.717) is 27.3 Å². The van der Waals surface area contributed by atoms with E-state index in [1.165, 1.54) is 32.8 Å². The van der Waals surface area contributed by atoms with Gasteiger partial charge >= 0.3 is 0 Å². The number of benzene rings is 1. The van der Waals surface area contributed by atoms with Crippen molar-refractivity contribution >= 4 is 29.1 Å². The molecule has 4 atom stereocenters. The second kappa shape index (κ2) is 6.29. The smallest absolute Gasteiger partial charge is 0.251 e. The fourth-order valence-electron chi connectivity index (χ4n) is 4.19. The zero-order valence-electron chi connectivity index (χ0n) is 12.9. The fraction of sp³-hybridized carbons (Fsp3) is 0.588. The highest BCUT2D eigenvalue weighted by Crippen LogP contribution is 2.49. The van der Waals surface area contributed by atoms with Crippen LogP contribution in [0.4, 0.5) is 0 Å². The van der Waals surface area contributed by atoms with Gasteiger partial charge in [0.1, 0.15) is 0 Å². The minimum absolute atomic E-state index is 0.123. The van der Waals surface area contributed by atoms with E-state index < -0.39 is 0 Å². The van der Waals surface area contributed by atoms with Crippen LogP contribution in [-0.2, 0) is 0 Å². The average Bonchev–Trinajstić information content (AvgIpc) is 3.09. The molecule has 1 amide bonds. The number of halogens is 2. The Hall–Kier alpha value is -0.930. The van der Waals surface area contributed by atoms with Crippen LogP contribution in [-0.4, -0.2) is 19.1 Å². The summed E-state index contributed by atoms with van der Waals surface area (Å²) in [5.74, 6) is 2.54. The molecule has 2 aliphatic rings. The summed E-state index contributed by atoms with van der Waals surface area (Å²) in [6, 6.07) is 3.40. The number of carbonyl (C=O) groups is 1. The number of hydrogen-bond acceptors (Lipinski definition) is 2. The van der Waals surface area contributed by atoms with Gasteiger partial charge in [0.05, 0.1) is 17.2 Å². The van der Waals surface area contributed by atoms with Gasteiger partial charge in [0.25, 0.3) is 5.91 Å². The lowest BCUT2D eigenvalue weighted by molar-refractivity contribution is 0.0915. The molecule has 3 nitrogen and oxygen atoms in total. The Balaban J connectivity index is 1.69. The van der Waals surface area contributed by atoms with Crippen molar-refractivity contribution in [1.29, 1.82) is 0 Å². The molecular formula is C17H21Cl2NO2. The first kappa shape index (κ1) is 15.9. The maximum atomic E-state index is 12.5. The van der Waals surface area contributed by atoms with Crippen molar-refractivity contribution in [2.24, 2.45) is 17.8 Å². The number of hydrogen-bond donors (Lipinski definition) is 1. The predicted molar refractivity (Wildman–Crippen MR) is 88.9 cm³/mol. The van der Waals surface area contributed by atoms with E-state index in [0.717, 1.165) is 11.8 Å². The summed E-state index contributed by atoms with van der Waals surface area (Å²) in [5.41, 5.74) is 0.478. The van der Waals surface area contributed by atoms with Gasteiger partial charge in [0.15, 0.2) is 5.75 Å². The highest BCUT2D eigenvalue weighted by molar-refractivity contribution is 6.37. The van der Waals surface area contributed by atoms with Crippen LogP contribution in [0, 0.1) is 17.8 Å². The predicted octanol–water partition coefficient (Wildman–Crippen LogP) is 4.56. The molecule has 2 fully saturated rings. The van der Waals surface area contributed by atoms with Crippen molar-refractivity contribution in [3.05, 3.63) is 27.7 Å². The number of methoxy groups -OCH3 is 1. The summed E-state index contributed by atoms with van der Waals surface area (Å²) < 4.78 is 5.11. The lowest BCUT2D eigenvalue weighted by Crippen LogP contribution is -2.40. The molecule has 1 N–H and O–H groups in total. The summed E-state index contributed by atoms with van der Waals surface area (Å²) in [6.45, 7) is 2.11. The molecule has 0 radical (unpaired) electrons. The van der Waals surface area contributed by atoms with Gasteiger partial charge in [-0.2, -0.15) is 0 Å². The second-order valence-corrected chi connectivity index (χ2v) is 7.39. The topological polar surface area (TPSA) is 38.3 Å². The Morgan fingerprint density at radius 2 is 1.95 bits per heavy atom. The zero-order chi connectivity index (χ0) is 15.9. The van der Waals surface area contributed by atoms with Crippen molar-refractivity contribution < 1.29 is 9.53 Å². The number of fused-ring (bicyclic) bond motifs is 2. The van der Waals surface area contributed by atoms with E-state index in [9.17, 15) is 4.79 Å². The highest BCUT2D eigenvalue weighted by Gasteiger charge is 2.42. The summed E-state index contributed by atoms with van der Waals surface area (Å²) in [4.78, 5) is 12.5. The number of rotatable bonds is 4. The molecule has 0 saturated heterocycles. The van der Waals surface area contributed by atoms with Gasteiger partial charge in [-0.3, -0.25) is 4.79 Å². The van der Waals surface area contributed by atoms with Gasteiger partial charge in [-0.15, -0.1) is 0 Å². The number of nitrogens with one attached hydrogen (secondary N) is 1. The third kappa shape index (κ3) is 2.93. The van der Waals surface area contributed by atoms with Crippen molar-refractivity contribution in [1.82, 2.24) is 5.32 Å². The highest BCUT2D eigenvalue weighted by atomic mass is 35.5. The Morgan fingerprint density at radius 3 is 2.45 bits per heavy atom. The Labute approximate surface area is 141 Å². The molecule has 120 valence electrons. The van der Waals surface area contributed by atoms with Gasteiger partial charge in [-0.1, -0.05) is 29.6 Å². The Bertz CT molecular complexity index is 567. The molecule has 2 saturated carbocycles. The fourth-order valence-corrected chi connectivity index (χ4v) is 4.83. The monoisotopic (exact) mass is 341 g/mol. The summed E-state index contributed by atoms with van der Waals surface area (Å²) in [6.07, 6.45) is 5.27. The maximum Gasteiger partial charge on any atom is 0.251 e. The van der Waals surface area contributed by atoms with Crippen molar-refractivity contribution in [3.63, 3.8) is 0 Å². The minimum atomic E-state index is -0.123. The van der Waals surface area contributed by atoms with Crippen LogP contribution < -0.4 is 10.1 Å². The van der Waals surface area contributed by atoms with Crippen molar-refractivity contribution in [2.45, 2.75) is 38.6 Å². The Morgan fingerprint density at radius 1 is 1.27 bits per heavy atom. The molecule has 2 aliphatic carbocycles. The van der Waals surface area contributed by atoms with E-state index >= 15 is 0 Å². The third-order valence-electron chi connectivity index (χ3n) is 5.26. The first-order chi connectivity index (χ1) is 10.5. The van der Waals surface area contributed by atoms with E-state index in [2.05, 4.69) is 12.2 Å². The van der Waals surface area contributed by atoms with E-state index in [1.54, 1.807) is 12.1 Å².